The molecule has 0 bridgehead atoms. The molecule has 4 heteroatoms. The summed E-state index contributed by atoms with van der Waals surface area (Å²) in [6, 6.07) is 6.23. The zero-order chi connectivity index (χ0) is 10.1. The highest BCUT2D eigenvalue weighted by Gasteiger charge is 2.05. The number of nitrogens with zero attached hydrogens (tertiary/aromatic N) is 2. The minimum atomic E-state index is 0.322. The van der Waals surface area contributed by atoms with Gasteiger partial charge < -0.3 is 0 Å². The number of hydrogen-bond donors (Lipinski definition) is 0. The van der Waals surface area contributed by atoms with E-state index >= 15 is 0 Å². The summed E-state index contributed by atoms with van der Waals surface area (Å²) in [7, 11) is 0. The Morgan fingerprint density at radius 1 is 1.21 bits per heavy atom. The molecule has 14 heavy (non-hydrogen) atoms. The lowest BCUT2D eigenvalue weighted by Gasteiger charge is -2.01. The second-order valence-electron chi connectivity index (χ2n) is 3.17. The molecule has 2 rings (SSSR count). The molecule has 0 spiro atoms. The van der Waals surface area contributed by atoms with Crippen molar-refractivity contribution >= 4 is 23.1 Å². The minimum Gasteiger partial charge on any atom is -0.205 e. The van der Waals surface area contributed by atoms with Crippen LogP contribution in [0.1, 0.15) is 11.1 Å². The monoisotopic (exact) mass is 224 g/mol. The van der Waals surface area contributed by atoms with E-state index < -0.39 is 0 Å². The summed E-state index contributed by atoms with van der Waals surface area (Å²) >= 11 is 6.99. The first-order valence-electron chi connectivity index (χ1n) is 4.23. The summed E-state index contributed by atoms with van der Waals surface area (Å²) in [5.74, 6) is 0. The van der Waals surface area contributed by atoms with Gasteiger partial charge >= 0.3 is 0 Å². The summed E-state index contributed by atoms with van der Waals surface area (Å²) in [6.45, 7) is 4.17. The molecule has 1 heterocycles. The molecule has 0 saturated carbocycles. The molecule has 0 N–H and O–H groups in total. The van der Waals surface area contributed by atoms with Gasteiger partial charge in [0.2, 0.25) is 5.28 Å². The molecule has 2 nitrogen and oxygen atoms in total. The van der Waals surface area contributed by atoms with Crippen LogP contribution in [0.2, 0.25) is 5.28 Å². The SMILES string of the molecule is Cc1ccc(-c2nc(Cl)ns2)cc1C. The summed E-state index contributed by atoms with van der Waals surface area (Å²) in [5.41, 5.74) is 3.62. The highest BCUT2D eigenvalue weighted by Crippen LogP contribution is 2.24. The maximum Gasteiger partial charge on any atom is 0.234 e. The van der Waals surface area contributed by atoms with E-state index in [9.17, 15) is 0 Å². The topological polar surface area (TPSA) is 25.8 Å². The number of benzene rings is 1. The lowest BCUT2D eigenvalue weighted by molar-refractivity contribution is 1.31. The normalized spacial score (nSPS) is 10.5. The van der Waals surface area contributed by atoms with Gasteiger partial charge in [0.25, 0.3) is 0 Å². The van der Waals surface area contributed by atoms with Crippen molar-refractivity contribution in [1.82, 2.24) is 9.36 Å². The molecule has 1 aromatic carbocycles. The van der Waals surface area contributed by atoms with Crippen molar-refractivity contribution in [3.05, 3.63) is 34.6 Å². The number of hydrogen-bond acceptors (Lipinski definition) is 3. The molecule has 1 aromatic heterocycles. The summed E-state index contributed by atoms with van der Waals surface area (Å²) in [4.78, 5) is 4.12. The predicted octanol–water partition coefficient (Wildman–Crippen LogP) is 3.48. The van der Waals surface area contributed by atoms with E-state index in [1.54, 1.807) is 0 Å². The van der Waals surface area contributed by atoms with Crippen molar-refractivity contribution in [2.45, 2.75) is 13.8 Å². The van der Waals surface area contributed by atoms with Crippen LogP contribution in [0.3, 0.4) is 0 Å². The molecule has 72 valence electrons. The van der Waals surface area contributed by atoms with E-state index in [2.05, 4.69) is 35.3 Å². The van der Waals surface area contributed by atoms with Gasteiger partial charge in [0.05, 0.1) is 0 Å². The van der Waals surface area contributed by atoms with Gasteiger partial charge in [-0.3, -0.25) is 0 Å². The Balaban J connectivity index is 2.47. The molecule has 0 aliphatic carbocycles. The largest absolute Gasteiger partial charge is 0.234 e. The first-order valence-corrected chi connectivity index (χ1v) is 5.39. The molecule has 0 amide bonds. The third-order valence-electron chi connectivity index (χ3n) is 2.16. The summed E-state index contributed by atoms with van der Waals surface area (Å²) in [6.07, 6.45) is 0. The van der Waals surface area contributed by atoms with Gasteiger partial charge in [-0.15, -0.1) is 0 Å². The van der Waals surface area contributed by atoms with Gasteiger partial charge in [0.1, 0.15) is 5.01 Å². The van der Waals surface area contributed by atoms with Crippen LogP contribution in [-0.2, 0) is 0 Å². The quantitative estimate of drug-likeness (QED) is 0.741. The maximum absolute atomic E-state index is 5.67. The molecule has 0 aliphatic heterocycles. The first-order chi connectivity index (χ1) is 6.66. The Morgan fingerprint density at radius 2 is 2.00 bits per heavy atom. The van der Waals surface area contributed by atoms with Gasteiger partial charge in [-0.25, -0.2) is 4.98 Å². The number of aromatic nitrogens is 2. The van der Waals surface area contributed by atoms with Crippen LogP contribution < -0.4 is 0 Å². The molecule has 0 radical (unpaired) electrons. The molecule has 0 unspecified atom stereocenters. The molecule has 0 saturated heterocycles. The highest BCUT2D eigenvalue weighted by molar-refractivity contribution is 7.09. The highest BCUT2D eigenvalue weighted by atomic mass is 35.5. The van der Waals surface area contributed by atoms with E-state index in [0.717, 1.165) is 10.6 Å². The molecule has 0 atom stereocenters. The summed E-state index contributed by atoms with van der Waals surface area (Å²) in [5, 5.41) is 1.20. The van der Waals surface area contributed by atoms with Gasteiger partial charge in [0, 0.05) is 5.56 Å². The van der Waals surface area contributed by atoms with Crippen LogP contribution in [0.15, 0.2) is 18.2 Å². The van der Waals surface area contributed by atoms with Crippen molar-refractivity contribution in [3.63, 3.8) is 0 Å². The van der Waals surface area contributed by atoms with Crippen LogP contribution in [-0.4, -0.2) is 9.36 Å². The Kier molecular flexibility index (Phi) is 2.52. The third-order valence-corrected chi connectivity index (χ3v) is 3.19. The Labute approximate surface area is 91.7 Å². The number of halogens is 1. The van der Waals surface area contributed by atoms with E-state index in [4.69, 9.17) is 11.6 Å². The zero-order valence-corrected chi connectivity index (χ0v) is 9.49. The Bertz CT molecular complexity index is 465. The Morgan fingerprint density at radius 3 is 2.57 bits per heavy atom. The number of rotatable bonds is 1. The minimum absolute atomic E-state index is 0.322. The average molecular weight is 225 g/mol. The second-order valence-corrected chi connectivity index (χ2v) is 4.26. The van der Waals surface area contributed by atoms with Gasteiger partial charge in [-0.2, -0.15) is 4.37 Å². The van der Waals surface area contributed by atoms with Crippen molar-refractivity contribution in [1.29, 1.82) is 0 Å². The van der Waals surface area contributed by atoms with Gasteiger partial charge in [-0.1, -0.05) is 12.1 Å². The van der Waals surface area contributed by atoms with Crippen molar-refractivity contribution < 1.29 is 0 Å². The van der Waals surface area contributed by atoms with Crippen molar-refractivity contribution in [2.75, 3.05) is 0 Å². The van der Waals surface area contributed by atoms with E-state index in [1.807, 2.05) is 6.07 Å². The lowest BCUT2D eigenvalue weighted by atomic mass is 10.1. The third kappa shape index (κ3) is 1.79. The standard InChI is InChI=1S/C10H9ClN2S/c1-6-3-4-8(5-7(6)2)9-12-10(11)13-14-9/h3-5H,1-2H3. The molecule has 0 fully saturated rings. The van der Waals surface area contributed by atoms with Crippen LogP contribution in [0.5, 0.6) is 0 Å². The predicted molar refractivity (Wildman–Crippen MR) is 59.8 cm³/mol. The van der Waals surface area contributed by atoms with E-state index in [1.165, 1.54) is 22.7 Å². The molecular weight excluding hydrogens is 216 g/mol. The lowest BCUT2D eigenvalue weighted by Crippen LogP contribution is -1.82. The van der Waals surface area contributed by atoms with E-state index in [-0.39, 0.29) is 0 Å². The van der Waals surface area contributed by atoms with Crippen molar-refractivity contribution in [2.24, 2.45) is 0 Å². The van der Waals surface area contributed by atoms with Crippen molar-refractivity contribution in [3.8, 4) is 10.6 Å². The fourth-order valence-electron chi connectivity index (χ4n) is 1.20. The zero-order valence-electron chi connectivity index (χ0n) is 7.91. The molecule has 0 aliphatic rings. The smallest absolute Gasteiger partial charge is 0.205 e. The number of aryl methyl sites for hydroxylation is 2. The van der Waals surface area contributed by atoms with Gasteiger partial charge in [-0.05, 0) is 54.2 Å². The second kappa shape index (κ2) is 3.67. The molecule has 2 aromatic rings. The summed E-state index contributed by atoms with van der Waals surface area (Å²) < 4.78 is 3.94. The Hall–Kier alpha value is -0.930. The average Bonchev–Trinajstić information content (AvgIpc) is 2.57. The first kappa shape index (κ1) is 9.62. The van der Waals surface area contributed by atoms with Crippen LogP contribution in [0, 0.1) is 13.8 Å². The van der Waals surface area contributed by atoms with Crippen LogP contribution in [0.4, 0.5) is 0 Å². The van der Waals surface area contributed by atoms with Crippen LogP contribution >= 0.6 is 23.1 Å². The molecular formula is C10H9ClN2S. The fourth-order valence-corrected chi connectivity index (χ4v) is 2.00. The van der Waals surface area contributed by atoms with Gasteiger partial charge in [0.15, 0.2) is 0 Å². The fraction of sp³-hybridized carbons (Fsp3) is 0.200. The maximum atomic E-state index is 5.67. The van der Waals surface area contributed by atoms with Crippen LogP contribution in [0.25, 0.3) is 10.6 Å². The van der Waals surface area contributed by atoms with E-state index in [0.29, 0.717) is 5.28 Å².